The molecule has 0 bridgehead atoms. The second-order valence-electron chi connectivity index (χ2n) is 5.12. The highest BCUT2D eigenvalue weighted by atomic mass is 16.5. The van der Waals surface area contributed by atoms with E-state index in [0.717, 1.165) is 0 Å². The summed E-state index contributed by atoms with van der Waals surface area (Å²) in [7, 11) is 1.24. The Balaban J connectivity index is 1.94. The summed E-state index contributed by atoms with van der Waals surface area (Å²) in [6.07, 6.45) is 3.05. The number of esters is 1. The number of aromatic nitrogens is 5. The Morgan fingerprint density at radius 2 is 2.12 bits per heavy atom. The number of hydrogen-bond donors (Lipinski definition) is 1. The highest BCUT2D eigenvalue weighted by Gasteiger charge is 2.27. The van der Waals surface area contributed by atoms with Crippen molar-refractivity contribution in [2.75, 3.05) is 19.0 Å². The summed E-state index contributed by atoms with van der Waals surface area (Å²) in [6.45, 7) is 1.02. The maximum Gasteiger partial charge on any atom is 0.329 e. The summed E-state index contributed by atoms with van der Waals surface area (Å²) >= 11 is 0. The van der Waals surface area contributed by atoms with Crippen LogP contribution in [0.15, 0.2) is 36.9 Å². The van der Waals surface area contributed by atoms with Gasteiger partial charge in [0, 0.05) is 6.54 Å². The van der Waals surface area contributed by atoms with Gasteiger partial charge in [-0.25, -0.2) is 15.0 Å². The van der Waals surface area contributed by atoms with Crippen molar-refractivity contribution in [3.8, 4) is 6.07 Å². The molecular formula is C16H15N7O2. The molecule has 0 saturated carbocycles. The van der Waals surface area contributed by atoms with Crippen LogP contribution >= 0.6 is 0 Å². The first-order valence-electron chi connectivity index (χ1n) is 7.53. The van der Waals surface area contributed by atoms with Crippen LogP contribution in [0.4, 0.5) is 5.82 Å². The zero-order valence-corrected chi connectivity index (χ0v) is 13.5. The molecule has 0 saturated heterocycles. The van der Waals surface area contributed by atoms with E-state index in [-0.39, 0.29) is 5.69 Å². The van der Waals surface area contributed by atoms with Gasteiger partial charge in [0.1, 0.15) is 18.3 Å². The zero-order valence-electron chi connectivity index (χ0n) is 13.5. The predicted octanol–water partition coefficient (Wildman–Crippen LogP) is 1.11. The van der Waals surface area contributed by atoms with Gasteiger partial charge in [-0.2, -0.15) is 10.4 Å². The van der Waals surface area contributed by atoms with Crippen LogP contribution in [0.5, 0.6) is 0 Å². The molecule has 0 fully saturated rings. The number of benzene rings is 1. The fraction of sp³-hybridized carbons (Fsp3) is 0.250. The third kappa shape index (κ3) is 3.53. The molecule has 2 heterocycles. The molecule has 1 aromatic carbocycles. The minimum absolute atomic E-state index is 0.242. The van der Waals surface area contributed by atoms with E-state index in [2.05, 4.69) is 25.4 Å². The maximum absolute atomic E-state index is 11.9. The summed E-state index contributed by atoms with van der Waals surface area (Å²) in [4.78, 5) is 24.8. The summed E-state index contributed by atoms with van der Waals surface area (Å²) < 4.78 is 6.36. The van der Waals surface area contributed by atoms with Crippen molar-refractivity contribution in [2.24, 2.45) is 0 Å². The summed E-state index contributed by atoms with van der Waals surface area (Å²) in [5, 5.41) is 16.5. The lowest BCUT2D eigenvalue weighted by Gasteiger charge is -2.14. The van der Waals surface area contributed by atoms with Crippen LogP contribution in [0.2, 0.25) is 0 Å². The Morgan fingerprint density at radius 3 is 2.76 bits per heavy atom. The monoisotopic (exact) mass is 337 g/mol. The number of hydrogen-bond acceptors (Lipinski definition) is 8. The topological polar surface area (TPSA) is 119 Å². The van der Waals surface area contributed by atoms with Gasteiger partial charge >= 0.3 is 5.97 Å². The van der Waals surface area contributed by atoms with Crippen LogP contribution in [0, 0.1) is 11.3 Å². The van der Waals surface area contributed by atoms with Crippen molar-refractivity contribution in [1.29, 1.82) is 5.26 Å². The fourth-order valence-electron chi connectivity index (χ4n) is 2.33. The van der Waals surface area contributed by atoms with Gasteiger partial charge in [-0.15, -0.1) is 0 Å². The first kappa shape index (κ1) is 16.3. The molecule has 0 aliphatic heterocycles. The number of nitriles is 1. The number of carbonyl (C=O) groups excluding carboxylic acids is 1. The molecule has 9 heteroatoms. The van der Waals surface area contributed by atoms with E-state index in [4.69, 9.17) is 4.74 Å². The molecule has 0 aliphatic carbocycles. The van der Waals surface area contributed by atoms with Crippen molar-refractivity contribution in [2.45, 2.75) is 12.5 Å². The lowest BCUT2D eigenvalue weighted by molar-refractivity contribution is -0.141. The highest BCUT2D eigenvalue weighted by Crippen LogP contribution is 2.24. The van der Waals surface area contributed by atoms with E-state index in [1.807, 2.05) is 24.3 Å². The Labute approximate surface area is 143 Å². The smallest absolute Gasteiger partial charge is 0.329 e. The van der Waals surface area contributed by atoms with Gasteiger partial charge in [0.05, 0.1) is 30.8 Å². The lowest BCUT2D eigenvalue weighted by Crippen LogP contribution is -2.19. The molecular weight excluding hydrogens is 322 g/mol. The SMILES string of the molecule is COC(=O)C(C#N)c1nc2ccccc2nc1NCCn1cncn1. The van der Waals surface area contributed by atoms with E-state index in [0.29, 0.717) is 29.9 Å². The number of nitrogens with one attached hydrogen (secondary N) is 1. The van der Waals surface area contributed by atoms with Gasteiger partial charge in [-0.1, -0.05) is 12.1 Å². The number of methoxy groups -OCH3 is 1. The lowest BCUT2D eigenvalue weighted by atomic mass is 10.1. The predicted molar refractivity (Wildman–Crippen MR) is 88.4 cm³/mol. The van der Waals surface area contributed by atoms with E-state index >= 15 is 0 Å². The normalized spacial score (nSPS) is 11.7. The number of ether oxygens (including phenoxy) is 1. The number of nitrogens with zero attached hydrogens (tertiary/aromatic N) is 6. The van der Waals surface area contributed by atoms with Crippen LogP contribution in [-0.4, -0.2) is 44.4 Å². The average molecular weight is 337 g/mol. The van der Waals surface area contributed by atoms with Gasteiger partial charge in [0.15, 0.2) is 11.7 Å². The van der Waals surface area contributed by atoms with E-state index in [9.17, 15) is 10.1 Å². The summed E-state index contributed by atoms with van der Waals surface area (Å²) in [5.41, 5.74) is 1.51. The van der Waals surface area contributed by atoms with Crippen LogP contribution in [0.1, 0.15) is 11.6 Å². The molecule has 25 heavy (non-hydrogen) atoms. The number of fused-ring (bicyclic) bond motifs is 1. The molecule has 0 radical (unpaired) electrons. The van der Waals surface area contributed by atoms with Crippen molar-refractivity contribution < 1.29 is 9.53 Å². The molecule has 0 amide bonds. The Kier molecular flexibility index (Phi) is 4.80. The molecule has 1 unspecified atom stereocenters. The van der Waals surface area contributed by atoms with Crippen LogP contribution in [0.3, 0.4) is 0 Å². The second-order valence-corrected chi connectivity index (χ2v) is 5.12. The van der Waals surface area contributed by atoms with E-state index in [1.54, 1.807) is 17.1 Å². The van der Waals surface area contributed by atoms with E-state index < -0.39 is 11.9 Å². The minimum Gasteiger partial charge on any atom is -0.468 e. The third-order valence-electron chi connectivity index (χ3n) is 3.54. The largest absolute Gasteiger partial charge is 0.468 e. The molecule has 126 valence electrons. The van der Waals surface area contributed by atoms with Crippen LogP contribution in [0.25, 0.3) is 11.0 Å². The van der Waals surface area contributed by atoms with Gasteiger partial charge < -0.3 is 10.1 Å². The van der Waals surface area contributed by atoms with Crippen LogP contribution < -0.4 is 5.32 Å². The summed E-state index contributed by atoms with van der Waals surface area (Å²) in [6, 6.07) is 9.18. The Hall–Kier alpha value is -3.54. The van der Waals surface area contributed by atoms with Crippen molar-refractivity contribution in [1.82, 2.24) is 24.7 Å². The summed E-state index contributed by atoms with van der Waals surface area (Å²) in [5.74, 6) is -1.46. The number of carbonyl (C=O) groups is 1. The highest BCUT2D eigenvalue weighted by molar-refractivity contribution is 5.84. The quantitative estimate of drug-likeness (QED) is 0.665. The molecule has 3 aromatic rings. The number of anilines is 1. The Morgan fingerprint density at radius 1 is 1.36 bits per heavy atom. The van der Waals surface area contributed by atoms with Gasteiger partial charge in [-0.3, -0.25) is 9.48 Å². The van der Waals surface area contributed by atoms with Crippen molar-refractivity contribution in [3.63, 3.8) is 0 Å². The van der Waals surface area contributed by atoms with Gasteiger partial charge in [0.25, 0.3) is 0 Å². The van der Waals surface area contributed by atoms with Gasteiger partial charge in [0.2, 0.25) is 0 Å². The minimum atomic E-state index is -1.16. The third-order valence-corrected chi connectivity index (χ3v) is 3.54. The first-order chi connectivity index (χ1) is 12.2. The Bertz CT molecular complexity index is 918. The molecule has 1 N–H and O–H groups in total. The average Bonchev–Trinajstić information content (AvgIpc) is 3.15. The molecule has 0 aliphatic rings. The zero-order chi connectivity index (χ0) is 17.6. The number of rotatable bonds is 6. The van der Waals surface area contributed by atoms with E-state index in [1.165, 1.54) is 13.4 Å². The second kappa shape index (κ2) is 7.35. The van der Waals surface area contributed by atoms with Crippen molar-refractivity contribution in [3.05, 3.63) is 42.6 Å². The first-order valence-corrected chi connectivity index (χ1v) is 7.53. The molecule has 2 aromatic heterocycles. The fourth-order valence-corrected chi connectivity index (χ4v) is 2.33. The molecule has 1 atom stereocenters. The molecule has 3 rings (SSSR count). The standard InChI is InChI=1S/C16H15N7O2/c1-25-16(24)11(8-17)14-15(19-6-7-23-10-18-9-20-23)22-13-5-3-2-4-12(13)21-14/h2-5,9-11H,6-7H2,1H3,(H,19,22). The molecule has 0 spiro atoms. The van der Waals surface area contributed by atoms with Crippen LogP contribution in [-0.2, 0) is 16.1 Å². The number of para-hydroxylation sites is 2. The van der Waals surface area contributed by atoms with Gasteiger partial charge in [-0.05, 0) is 12.1 Å². The molecule has 9 nitrogen and oxygen atoms in total. The van der Waals surface area contributed by atoms with Crippen molar-refractivity contribution >= 4 is 22.8 Å². The maximum atomic E-state index is 11.9.